The van der Waals surface area contributed by atoms with Crippen molar-refractivity contribution in [1.29, 1.82) is 5.26 Å². The summed E-state index contributed by atoms with van der Waals surface area (Å²) in [6.45, 7) is 0. The minimum atomic E-state index is -0.430. The van der Waals surface area contributed by atoms with Gasteiger partial charge in [0.25, 0.3) is 5.91 Å². The van der Waals surface area contributed by atoms with Crippen LogP contribution in [0.4, 0.5) is 5.69 Å². The summed E-state index contributed by atoms with van der Waals surface area (Å²) in [6.07, 6.45) is 1.38. The molecule has 5 heteroatoms. The summed E-state index contributed by atoms with van der Waals surface area (Å²) in [5, 5.41) is 14.8. The van der Waals surface area contributed by atoms with Gasteiger partial charge in [-0.1, -0.05) is 17.3 Å². The van der Waals surface area contributed by atoms with Crippen molar-refractivity contribution in [2.24, 2.45) is 0 Å². The first kappa shape index (κ1) is 9.93. The Morgan fingerprint density at radius 3 is 2.88 bits per heavy atom. The number of nitriles is 1. The molecule has 0 atom stereocenters. The highest BCUT2D eigenvalue weighted by Gasteiger charge is 2.11. The third kappa shape index (κ3) is 1.91. The maximum atomic E-state index is 11.6. The Kier molecular flexibility index (Phi) is 2.65. The molecule has 1 amide bonds. The van der Waals surface area contributed by atoms with Gasteiger partial charge >= 0.3 is 0 Å². The maximum absolute atomic E-state index is 11.6. The number of nitrogens with zero attached hydrogens (tertiary/aromatic N) is 2. The molecule has 0 saturated heterocycles. The normalized spacial score (nSPS) is 9.44. The Morgan fingerprint density at radius 1 is 1.38 bits per heavy atom. The molecule has 2 rings (SSSR count). The van der Waals surface area contributed by atoms with E-state index in [9.17, 15) is 4.79 Å². The van der Waals surface area contributed by atoms with Gasteiger partial charge in [-0.3, -0.25) is 4.79 Å². The number of aromatic nitrogens is 1. The standard InChI is InChI=1S/C11H7N3O2/c12-7-8-3-1-2-4-9(8)14-11(15)10-5-6-13-16-10/h1-6H,(H,14,15). The summed E-state index contributed by atoms with van der Waals surface area (Å²) in [4.78, 5) is 11.6. The number of carbonyl (C=O) groups is 1. The van der Waals surface area contributed by atoms with Crippen LogP contribution in [-0.4, -0.2) is 11.1 Å². The SMILES string of the molecule is N#Cc1ccccc1NC(=O)c1ccno1. The van der Waals surface area contributed by atoms with Crippen molar-refractivity contribution < 1.29 is 9.32 Å². The number of hydrogen-bond acceptors (Lipinski definition) is 4. The molecule has 1 aromatic carbocycles. The van der Waals surface area contributed by atoms with Gasteiger partial charge in [0.2, 0.25) is 5.76 Å². The number of benzene rings is 1. The molecule has 0 bridgehead atoms. The van der Waals surface area contributed by atoms with E-state index < -0.39 is 5.91 Å². The van der Waals surface area contributed by atoms with Gasteiger partial charge in [-0.15, -0.1) is 0 Å². The molecular weight excluding hydrogens is 206 g/mol. The molecule has 1 aromatic heterocycles. The van der Waals surface area contributed by atoms with Crippen molar-refractivity contribution in [3.63, 3.8) is 0 Å². The lowest BCUT2D eigenvalue weighted by Crippen LogP contribution is -2.11. The lowest BCUT2D eigenvalue weighted by atomic mass is 10.2. The Balaban J connectivity index is 2.22. The van der Waals surface area contributed by atoms with Gasteiger partial charge in [0.05, 0.1) is 17.4 Å². The summed E-state index contributed by atoms with van der Waals surface area (Å²) < 4.78 is 4.70. The van der Waals surface area contributed by atoms with Gasteiger partial charge in [0.1, 0.15) is 6.07 Å². The summed E-state index contributed by atoms with van der Waals surface area (Å²) in [5.74, 6) is -0.326. The molecule has 0 aliphatic heterocycles. The molecule has 5 nitrogen and oxygen atoms in total. The van der Waals surface area contributed by atoms with Crippen molar-refractivity contribution >= 4 is 11.6 Å². The van der Waals surface area contributed by atoms with Gasteiger partial charge in [-0.05, 0) is 12.1 Å². The largest absolute Gasteiger partial charge is 0.351 e. The van der Waals surface area contributed by atoms with E-state index in [0.29, 0.717) is 11.3 Å². The Labute approximate surface area is 91.3 Å². The first-order chi connectivity index (χ1) is 7.81. The van der Waals surface area contributed by atoms with E-state index in [2.05, 4.69) is 10.5 Å². The summed E-state index contributed by atoms with van der Waals surface area (Å²) in [6, 6.07) is 10.2. The number of amides is 1. The molecule has 0 aliphatic carbocycles. The average molecular weight is 213 g/mol. The second-order valence-electron chi connectivity index (χ2n) is 2.99. The lowest BCUT2D eigenvalue weighted by molar-refractivity contribution is 0.0988. The van der Waals surface area contributed by atoms with E-state index in [1.165, 1.54) is 12.3 Å². The zero-order chi connectivity index (χ0) is 11.4. The molecule has 16 heavy (non-hydrogen) atoms. The highest BCUT2D eigenvalue weighted by Crippen LogP contribution is 2.14. The van der Waals surface area contributed by atoms with E-state index in [1.54, 1.807) is 24.3 Å². The molecule has 0 fully saturated rings. The van der Waals surface area contributed by atoms with Gasteiger partial charge in [-0.2, -0.15) is 5.26 Å². The molecule has 2 aromatic rings. The highest BCUT2D eigenvalue weighted by atomic mass is 16.5. The van der Waals surface area contributed by atoms with Crippen LogP contribution in [-0.2, 0) is 0 Å². The number of nitrogens with one attached hydrogen (secondary N) is 1. The van der Waals surface area contributed by atoms with E-state index in [1.807, 2.05) is 6.07 Å². The Bertz CT molecular complexity index is 541. The third-order valence-corrected chi connectivity index (χ3v) is 1.96. The van der Waals surface area contributed by atoms with E-state index in [-0.39, 0.29) is 5.76 Å². The molecular formula is C11H7N3O2. The van der Waals surface area contributed by atoms with Crippen LogP contribution in [0.3, 0.4) is 0 Å². The minimum Gasteiger partial charge on any atom is -0.351 e. The fourth-order valence-corrected chi connectivity index (χ4v) is 1.21. The zero-order valence-electron chi connectivity index (χ0n) is 8.18. The van der Waals surface area contributed by atoms with Gasteiger partial charge in [0.15, 0.2) is 0 Å². The number of carbonyl (C=O) groups excluding carboxylic acids is 1. The van der Waals surface area contributed by atoms with Crippen LogP contribution in [0.15, 0.2) is 41.1 Å². The van der Waals surface area contributed by atoms with Crippen molar-refractivity contribution in [1.82, 2.24) is 5.16 Å². The Hall–Kier alpha value is -2.61. The number of anilines is 1. The van der Waals surface area contributed by atoms with E-state index in [4.69, 9.17) is 9.78 Å². The second-order valence-corrected chi connectivity index (χ2v) is 2.99. The van der Waals surface area contributed by atoms with Crippen LogP contribution in [0, 0.1) is 11.3 Å². The molecule has 0 aliphatic rings. The minimum absolute atomic E-state index is 0.104. The maximum Gasteiger partial charge on any atom is 0.294 e. The van der Waals surface area contributed by atoms with E-state index >= 15 is 0 Å². The monoisotopic (exact) mass is 213 g/mol. The average Bonchev–Trinajstić information content (AvgIpc) is 2.83. The molecule has 0 saturated carbocycles. The molecule has 0 spiro atoms. The van der Waals surface area contributed by atoms with Crippen LogP contribution in [0.25, 0.3) is 0 Å². The van der Waals surface area contributed by atoms with Crippen LogP contribution < -0.4 is 5.32 Å². The Morgan fingerprint density at radius 2 is 2.19 bits per heavy atom. The lowest BCUT2D eigenvalue weighted by Gasteiger charge is -2.03. The second kappa shape index (κ2) is 4.28. The van der Waals surface area contributed by atoms with Gasteiger partial charge < -0.3 is 9.84 Å². The molecule has 1 heterocycles. The molecule has 78 valence electrons. The van der Waals surface area contributed by atoms with Crippen molar-refractivity contribution in [3.05, 3.63) is 47.9 Å². The molecule has 0 radical (unpaired) electrons. The van der Waals surface area contributed by atoms with Crippen LogP contribution in [0.5, 0.6) is 0 Å². The molecule has 0 unspecified atom stereocenters. The molecule has 1 N–H and O–H groups in total. The number of para-hydroxylation sites is 1. The van der Waals surface area contributed by atoms with Crippen molar-refractivity contribution in [3.8, 4) is 6.07 Å². The first-order valence-corrected chi connectivity index (χ1v) is 4.52. The van der Waals surface area contributed by atoms with Crippen LogP contribution in [0.1, 0.15) is 16.1 Å². The van der Waals surface area contributed by atoms with Crippen molar-refractivity contribution in [2.45, 2.75) is 0 Å². The van der Waals surface area contributed by atoms with Crippen molar-refractivity contribution in [2.75, 3.05) is 5.32 Å². The van der Waals surface area contributed by atoms with Gasteiger partial charge in [0, 0.05) is 6.07 Å². The predicted molar refractivity (Wildman–Crippen MR) is 55.6 cm³/mol. The third-order valence-electron chi connectivity index (χ3n) is 1.96. The fourth-order valence-electron chi connectivity index (χ4n) is 1.21. The van der Waals surface area contributed by atoms with E-state index in [0.717, 1.165) is 0 Å². The zero-order valence-corrected chi connectivity index (χ0v) is 8.18. The summed E-state index contributed by atoms with van der Waals surface area (Å²) >= 11 is 0. The number of hydrogen-bond donors (Lipinski definition) is 1. The van der Waals surface area contributed by atoms with Gasteiger partial charge in [-0.25, -0.2) is 0 Å². The number of rotatable bonds is 2. The smallest absolute Gasteiger partial charge is 0.294 e. The highest BCUT2D eigenvalue weighted by molar-refractivity contribution is 6.02. The fraction of sp³-hybridized carbons (Fsp3) is 0. The quantitative estimate of drug-likeness (QED) is 0.824. The first-order valence-electron chi connectivity index (χ1n) is 4.52. The van der Waals surface area contributed by atoms with Crippen LogP contribution in [0.2, 0.25) is 0 Å². The van der Waals surface area contributed by atoms with Crippen LogP contribution >= 0.6 is 0 Å². The summed E-state index contributed by atoms with van der Waals surface area (Å²) in [5.41, 5.74) is 0.849. The summed E-state index contributed by atoms with van der Waals surface area (Å²) in [7, 11) is 0. The topological polar surface area (TPSA) is 78.9 Å². The predicted octanol–water partition coefficient (Wildman–Crippen LogP) is 1.80.